The fourth-order valence-corrected chi connectivity index (χ4v) is 2.42. The summed E-state index contributed by atoms with van der Waals surface area (Å²) in [5.74, 6) is 0.376. The van der Waals surface area contributed by atoms with E-state index in [2.05, 4.69) is 16.0 Å². The Kier molecular flexibility index (Phi) is 8.81. The van der Waals surface area contributed by atoms with Crippen molar-refractivity contribution in [3.05, 3.63) is 54.1 Å². The van der Waals surface area contributed by atoms with Gasteiger partial charge in [0.05, 0.1) is 13.2 Å². The maximum Gasteiger partial charge on any atom is 0.251 e. The third-order valence-electron chi connectivity index (χ3n) is 3.76. The summed E-state index contributed by atoms with van der Waals surface area (Å²) in [5, 5.41) is 8.60. The topological polar surface area (TPSA) is 88.7 Å². The molecule has 7 nitrogen and oxygen atoms in total. The average molecular weight is 385 g/mol. The highest BCUT2D eigenvalue weighted by atomic mass is 16.5. The number of carbonyl (C=O) groups is 2. The fraction of sp³-hybridized carbons (Fsp3) is 0.333. The van der Waals surface area contributed by atoms with E-state index in [1.807, 2.05) is 26.0 Å². The van der Waals surface area contributed by atoms with Crippen molar-refractivity contribution >= 4 is 23.2 Å². The van der Waals surface area contributed by atoms with Crippen molar-refractivity contribution in [1.82, 2.24) is 5.32 Å². The lowest BCUT2D eigenvalue weighted by atomic mass is 10.2. The molecule has 28 heavy (non-hydrogen) atoms. The number of rotatable bonds is 11. The van der Waals surface area contributed by atoms with Crippen LogP contribution in [0.25, 0.3) is 0 Å². The predicted octanol–water partition coefficient (Wildman–Crippen LogP) is 2.90. The molecule has 0 aliphatic heterocycles. The van der Waals surface area contributed by atoms with Gasteiger partial charge in [-0.3, -0.25) is 9.59 Å². The first-order valence-electron chi connectivity index (χ1n) is 9.35. The Morgan fingerprint density at radius 3 is 2.46 bits per heavy atom. The van der Waals surface area contributed by atoms with Crippen molar-refractivity contribution in [2.75, 3.05) is 43.5 Å². The number of hydrogen-bond donors (Lipinski definition) is 3. The Morgan fingerprint density at radius 1 is 0.964 bits per heavy atom. The summed E-state index contributed by atoms with van der Waals surface area (Å²) in [6.07, 6.45) is 0. The van der Waals surface area contributed by atoms with Gasteiger partial charge in [-0.25, -0.2) is 0 Å². The Morgan fingerprint density at radius 2 is 1.75 bits per heavy atom. The molecule has 0 bridgehead atoms. The van der Waals surface area contributed by atoms with E-state index in [4.69, 9.17) is 9.47 Å². The van der Waals surface area contributed by atoms with E-state index in [1.165, 1.54) is 0 Å². The van der Waals surface area contributed by atoms with Crippen LogP contribution in [0.4, 0.5) is 11.4 Å². The quantitative estimate of drug-likeness (QED) is 0.518. The SMILES string of the molecule is CCNC(=O)c1ccc(NCC(=O)Nc2cccc(OCCOCC)c2)cc1. The molecule has 2 amide bonds. The van der Waals surface area contributed by atoms with E-state index >= 15 is 0 Å². The minimum Gasteiger partial charge on any atom is -0.491 e. The lowest BCUT2D eigenvalue weighted by Crippen LogP contribution is -2.23. The largest absolute Gasteiger partial charge is 0.491 e. The van der Waals surface area contributed by atoms with E-state index < -0.39 is 0 Å². The molecule has 0 aliphatic carbocycles. The smallest absolute Gasteiger partial charge is 0.251 e. The second kappa shape index (κ2) is 11.6. The van der Waals surface area contributed by atoms with Gasteiger partial charge in [0, 0.05) is 36.2 Å². The lowest BCUT2D eigenvalue weighted by molar-refractivity contribution is -0.114. The molecule has 0 aliphatic rings. The number of anilines is 2. The highest BCUT2D eigenvalue weighted by Crippen LogP contribution is 2.17. The zero-order valence-electron chi connectivity index (χ0n) is 16.3. The van der Waals surface area contributed by atoms with Gasteiger partial charge in [0.15, 0.2) is 0 Å². The summed E-state index contributed by atoms with van der Waals surface area (Å²) < 4.78 is 10.8. The van der Waals surface area contributed by atoms with Crippen LogP contribution >= 0.6 is 0 Å². The van der Waals surface area contributed by atoms with Crippen LogP contribution in [0.1, 0.15) is 24.2 Å². The molecular formula is C21H27N3O4. The van der Waals surface area contributed by atoms with Gasteiger partial charge in [-0.2, -0.15) is 0 Å². The van der Waals surface area contributed by atoms with Crippen LogP contribution < -0.4 is 20.7 Å². The molecule has 0 atom stereocenters. The molecule has 0 aromatic heterocycles. The second-order valence-corrected chi connectivity index (χ2v) is 5.91. The Balaban J connectivity index is 1.80. The summed E-state index contributed by atoms with van der Waals surface area (Å²) in [6.45, 7) is 6.13. The number of hydrogen-bond acceptors (Lipinski definition) is 5. The average Bonchev–Trinajstić information content (AvgIpc) is 2.70. The van der Waals surface area contributed by atoms with Gasteiger partial charge in [0.25, 0.3) is 5.91 Å². The van der Waals surface area contributed by atoms with Crippen molar-refractivity contribution in [3.63, 3.8) is 0 Å². The van der Waals surface area contributed by atoms with Gasteiger partial charge in [-0.05, 0) is 50.2 Å². The molecule has 0 spiro atoms. The summed E-state index contributed by atoms with van der Waals surface area (Å²) >= 11 is 0. The summed E-state index contributed by atoms with van der Waals surface area (Å²) in [7, 11) is 0. The molecule has 2 rings (SSSR count). The summed E-state index contributed by atoms with van der Waals surface area (Å²) in [4.78, 5) is 23.9. The molecule has 0 unspecified atom stereocenters. The second-order valence-electron chi connectivity index (χ2n) is 5.91. The molecule has 0 heterocycles. The third-order valence-corrected chi connectivity index (χ3v) is 3.76. The molecular weight excluding hydrogens is 358 g/mol. The van der Waals surface area contributed by atoms with E-state index in [0.29, 0.717) is 43.4 Å². The van der Waals surface area contributed by atoms with Crippen LogP contribution in [0, 0.1) is 0 Å². The van der Waals surface area contributed by atoms with Crippen molar-refractivity contribution in [2.24, 2.45) is 0 Å². The normalized spacial score (nSPS) is 10.2. The molecule has 0 saturated heterocycles. The molecule has 2 aromatic rings. The van der Waals surface area contributed by atoms with Gasteiger partial charge < -0.3 is 25.4 Å². The van der Waals surface area contributed by atoms with Crippen LogP contribution in [0.2, 0.25) is 0 Å². The van der Waals surface area contributed by atoms with Gasteiger partial charge in [0.1, 0.15) is 12.4 Å². The highest BCUT2D eigenvalue weighted by Gasteiger charge is 2.06. The van der Waals surface area contributed by atoms with Crippen molar-refractivity contribution in [3.8, 4) is 5.75 Å². The number of amides is 2. The molecule has 0 saturated carbocycles. The fourth-order valence-electron chi connectivity index (χ4n) is 2.42. The van der Waals surface area contributed by atoms with E-state index in [0.717, 1.165) is 5.69 Å². The Hall–Kier alpha value is -3.06. The minimum atomic E-state index is -0.181. The molecule has 0 radical (unpaired) electrons. The Bertz CT molecular complexity index is 763. The van der Waals surface area contributed by atoms with E-state index in [-0.39, 0.29) is 18.4 Å². The van der Waals surface area contributed by atoms with Gasteiger partial charge in [-0.1, -0.05) is 6.07 Å². The molecule has 7 heteroatoms. The molecule has 3 N–H and O–H groups in total. The van der Waals surface area contributed by atoms with Crippen molar-refractivity contribution in [1.29, 1.82) is 0 Å². The number of benzene rings is 2. The summed E-state index contributed by atoms with van der Waals surface area (Å²) in [5.41, 5.74) is 2.00. The summed E-state index contributed by atoms with van der Waals surface area (Å²) in [6, 6.07) is 14.2. The van der Waals surface area contributed by atoms with E-state index in [1.54, 1.807) is 36.4 Å². The standard InChI is InChI=1S/C21H27N3O4/c1-3-22-21(26)16-8-10-17(11-9-16)23-15-20(25)24-18-6-5-7-19(14-18)28-13-12-27-4-2/h5-11,14,23H,3-4,12-13,15H2,1-2H3,(H,22,26)(H,24,25). The van der Waals surface area contributed by atoms with Gasteiger partial charge in [-0.15, -0.1) is 0 Å². The molecule has 150 valence electrons. The Labute approximate surface area is 165 Å². The van der Waals surface area contributed by atoms with Crippen LogP contribution in [-0.4, -0.2) is 44.7 Å². The maximum atomic E-state index is 12.2. The molecule has 2 aromatic carbocycles. The number of carbonyl (C=O) groups excluding carboxylic acids is 2. The van der Waals surface area contributed by atoms with Crippen LogP contribution in [0.5, 0.6) is 5.75 Å². The van der Waals surface area contributed by atoms with Crippen molar-refractivity contribution in [2.45, 2.75) is 13.8 Å². The first-order chi connectivity index (χ1) is 13.6. The zero-order chi connectivity index (χ0) is 20.2. The monoisotopic (exact) mass is 385 g/mol. The molecule has 0 fully saturated rings. The first kappa shape index (κ1) is 21.2. The number of ether oxygens (including phenoxy) is 2. The van der Waals surface area contributed by atoms with Crippen LogP contribution in [0.3, 0.4) is 0 Å². The predicted molar refractivity (Wildman–Crippen MR) is 110 cm³/mol. The van der Waals surface area contributed by atoms with Crippen LogP contribution in [0.15, 0.2) is 48.5 Å². The lowest BCUT2D eigenvalue weighted by Gasteiger charge is -2.10. The van der Waals surface area contributed by atoms with Gasteiger partial charge in [0.2, 0.25) is 5.91 Å². The zero-order valence-corrected chi connectivity index (χ0v) is 16.3. The minimum absolute atomic E-state index is 0.107. The van der Waals surface area contributed by atoms with Crippen molar-refractivity contribution < 1.29 is 19.1 Å². The van der Waals surface area contributed by atoms with Crippen LogP contribution in [-0.2, 0) is 9.53 Å². The van der Waals surface area contributed by atoms with Gasteiger partial charge >= 0.3 is 0 Å². The van der Waals surface area contributed by atoms with E-state index in [9.17, 15) is 9.59 Å². The highest BCUT2D eigenvalue weighted by molar-refractivity contribution is 5.95. The maximum absolute atomic E-state index is 12.2. The first-order valence-corrected chi connectivity index (χ1v) is 9.35. The third kappa shape index (κ3) is 7.28. The number of nitrogens with one attached hydrogen (secondary N) is 3.